The highest BCUT2D eigenvalue weighted by Crippen LogP contribution is 2.31. The summed E-state index contributed by atoms with van der Waals surface area (Å²) in [5.74, 6) is 0. The highest BCUT2D eigenvalue weighted by atomic mass is 32.2. The number of methoxy groups -OCH3 is 1. The van der Waals surface area contributed by atoms with E-state index in [4.69, 9.17) is 10.5 Å². The average molecular weight is 314 g/mol. The second kappa shape index (κ2) is 6.77. The summed E-state index contributed by atoms with van der Waals surface area (Å²) in [4.78, 5) is 0.315. The van der Waals surface area contributed by atoms with E-state index in [0.717, 1.165) is 11.1 Å². The molecule has 0 aromatic heterocycles. The zero-order valence-corrected chi connectivity index (χ0v) is 14.5. The summed E-state index contributed by atoms with van der Waals surface area (Å²) in [6.45, 7) is 9.86. The lowest BCUT2D eigenvalue weighted by Gasteiger charge is -2.28. The minimum Gasteiger partial charge on any atom is -0.398 e. The topological polar surface area (TPSA) is 72.6 Å². The first-order chi connectivity index (χ1) is 9.68. The maximum atomic E-state index is 13.0. The molecule has 0 fully saturated rings. The third-order valence-electron chi connectivity index (χ3n) is 3.74. The Morgan fingerprint density at radius 3 is 2.33 bits per heavy atom. The molecule has 21 heavy (non-hydrogen) atoms. The number of hydrogen-bond acceptors (Lipinski definition) is 4. The largest absolute Gasteiger partial charge is 0.398 e. The van der Waals surface area contributed by atoms with Gasteiger partial charge in [-0.15, -0.1) is 0 Å². The van der Waals surface area contributed by atoms with E-state index in [0.29, 0.717) is 29.3 Å². The van der Waals surface area contributed by atoms with Gasteiger partial charge in [0.15, 0.2) is 0 Å². The van der Waals surface area contributed by atoms with Crippen molar-refractivity contribution in [2.75, 3.05) is 26.0 Å². The molecular formula is C15H26N2O3S. The maximum absolute atomic E-state index is 13.0. The van der Waals surface area contributed by atoms with Gasteiger partial charge in [-0.2, -0.15) is 4.31 Å². The fourth-order valence-corrected chi connectivity index (χ4v) is 4.81. The van der Waals surface area contributed by atoms with Crippen molar-refractivity contribution in [3.63, 3.8) is 0 Å². The number of ether oxygens (including phenoxy) is 1. The van der Waals surface area contributed by atoms with Crippen LogP contribution in [-0.4, -0.2) is 39.0 Å². The molecule has 5 nitrogen and oxygen atoms in total. The number of nitrogens with zero attached hydrogens (tertiary/aromatic N) is 1. The Labute approximate surface area is 128 Å². The molecule has 6 heteroatoms. The van der Waals surface area contributed by atoms with Gasteiger partial charge in [0.1, 0.15) is 0 Å². The van der Waals surface area contributed by atoms with Crippen molar-refractivity contribution in [1.29, 1.82) is 0 Å². The quantitative estimate of drug-likeness (QED) is 0.817. The molecular weight excluding hydrogens is 288 g/mol. The molecule has 2 N–H and O–H groups in total. The molecule has 0 aliphatic heterocycles. The summed E-state index contributed by atoms with van der Waals surface area (Å²) >= 11 is 0. The van der Waals surface area contributed by atoms with E-state index in [2.05, 4.69) is 0 Å². The Balaban J connectivity index is 3.46. The van der Waals surface area contributed by atoms with Gasteiger partial charge >= 0.3 is 0 Å². The van der Waals surface area contributed by atoms with E-state index < -0.39 is 10.0 Å². The van der Waals surface area contributed by atoms with Crippen LogP contribution in [0.2, 0.25) is 0 Å². The van der Waals surface area contributed by atoms with Crippen LogP contribution in [0, 0.1) is 20.8 Å². The lowest BCUT2D eigenvalue weighted by Crippen LogP contribution is -2.41. The molecule has 0 saturated heterocycles. The number of benzene rings is 1. The van der Waals surface area contributed by atoms with Crippen LogP contribution in [0.25, 0.3) is 0 Å². The molecule has 0 aliphatic rings. The minimum atomic E-state index is -3.60. The van der Waals surface area contributed by atoms with Crippen LogP contribution in [0.4, 0.5) is 5.69 Å². The summed E-state index contributed by atoms with van der Waals surface area (Å²) in [6.07, 6.45) is 0. The zero-order chi connectivity index (χ0) is 16.4. The van der Waals surface area contributed by atoms with E-state index in [1.54, 1.807) is 21.0 Å². The summed E-state index contributed by atoms with van der Waals surface area (Å²) < 4.78 is 32.5. The number of sulfonamides is 1. The fraction of sp³-hybridized carbons (Fsp3) is 0.600. The Morgan fingerprint density at radius 2 is 1.86 bits per heavy atom. The van der Waals surface area contributed by atoms with Crippen molar-refractivity contribution in [3.8, 4) is 0 Å². The highest BCUT2D eigenvalue weighted by molar-refractivity contribution is 7.89. The summed E-state index contributed by atoms with van der Waals surface area (Å²) in [5.41, 5.74) is 8.80. The van der Waals surface area contributed by atoms with Gasteiger partial charge in [-0.3, -0.25) is 0 Å². The zero-order valence-electron chi connectivity index (χ0n) is 13.7. The molecule has 0 radical (unpaired) electrons. The molecule has 0 amide bonds. The maximum Gasteiger partial charge on any atom is 0.243 e. The van der Waals surface area contributed by atoms with Crippen LogP contribution in [0.5, 0.6) is 0 Å². The molecule has 0 saturated carbocycles. The van der Waals surface area contributed by atoms with Crippen LogP contribution < -0.4 is 5.73 Å². The van der Waals surface area contributed by atoms with Crippen LogP contribution in [0.15, 0.2) is 11.0 Å². The van der Waals surface area contributed by atoms with Crippen molar-refractivity contribution >= 4 is 15.7 Å². The second-order valence-electron chi connectivity index (χ2n) is 5.39. The molecule has 1 aromatic rings. The lowest BCUT2D eigenvalue weighted by molar-refractivity contribution is 0.142. The fourth-order valence-electron chi connectivity index (χ4n) is 2.74. The number of nitrogen functional groups attached to an aromatic ring is 1. The Hall–Kier alpha value is -1.11. The molecule has 1 atom stereocenters. The standard InChI is InChI=1S/C15H26N2O3S/c1-7-17(12(4)9-20-6)21(18,19)15-11(3)8-10(2)14(16)13(15)5/h8,12H,7,9,16H2,1-6H3. The molecule has 0 bridgehead atoms. The second-order valence-corrected chi connectivity index (χ2v) is 7.22. The Bertz CT molecular complexity index is 612. The highest BCUT2D eigenvalue weighted by Gasteiger charge is 2.31. The third kappa shape index (κ3) is 3.39. The van der Waals surface area contributed by atoms with Gasteiger partial charge in [0.05, 0.1) is 11.5 Å². The van der Waals surface area contributed by atoms with Gasteiger partial charge in [0.25, 0.3) is 0 Å². The van der Waals surface area contributed by atoms with Gasteiger partial charge in [0.2, 0.25) is 10.0 Å². The number of nitrogens with two attached hydrogens (primary N) is 1. The molecule has 1 aromatic carbocycles. The SMILES string of the molecule is CCN(C(C)COC)S(=O)(=O)c1c(C)cc(C)c(N)c1C. The van der Waals surface area contributed by atoms with E-state index in [1.165, 1.54) is 4.31 Å². The van der Waals surface area contributed by atoms with Crippen molar-refractivity contribution < 1.29 is 13.2 Å². The Kier molecular flexibility index (Phi) is 5.78. The predicted molar refractivity (Wildman–Crippen MR) is 86.0 cm³/mol. The summed E-state index contributed by atoms with van der Waals surface area (Å²) in [6, 6.07) is 1.59. The van der Waals surface area contributed by atoms with Crippen LogP contribution in [0.3, 0.4) is 0 Å². The molecule has 0 aliphatic carbocycles. The van der Waals surface area contributed by atoms with E-state index >= 15 is 0 Å². The first-order valence-electron chi connectivity index (χ1n) is 7.05. The van der Waals surface area contributed by atoms with E-state index in [9.17, 15) is 8.42 Å². The van der Waals surface area contributed by atoms with E-state index in [1.807, 2.05) is 26.8 Å². The number of rotatable bonds is 6. The van der Waals surface area contributed by atoms with E-state index in [-0.39, 0.29) is 6.04 Å². The van der Waals surface area contributed by atoms with Gasteiger partial charge in [-0.1, -0.05) is 13.0 Å². The van der Waals surface area contributed by atoms with Crippen LogP contribution >= 0.6 is 0 Å². The third-order valence-corrected chi connectivity index (χ3v) is 6.12. The van der Waals surface area contributed by atoms with Gasteiger partial charge in [-0.25, -0.2) is 8.42 Å². The number of anilines is 1. The van der Waals surface area contributed by atoms with Crippen molar-refractivity contribution in [3.05, 3.63) is 22.8 Å². The minimum absolute atomic E-state index is 0.230. The van der Waals surface area contributed by atoms with Crippen molar-refractivity contribution in [1.82, 2.24) is 4.31 Å². The van der Waals surface area contributed by atoms with Crippen molar-refractivity contribution in [2.24, 2.45) is 0 Å². The lowest BCUT2D eigenvalue weighted by atomic mass is 10.1. The molecule has 120 valence electrons. The monoisotopic (exact) mass is 314 g/mol. The average Bonchev–Trinajstić information content (AvgIpc) is 2.36. The molecule has 1 unspecified atom stereocenters. The predicted octanol–water partition coefficient (Wildman–Crippen LogP) is 2.24. The Morgan fingerprint density at radius 1 is 1.29 bits per heavy atom. The summed E-state index contributed by atoms with van der Waals surface area (Å²) in [5, 5.41) is 0. The number of hydrogen-bond donors (Lipinski definition) is 1. The van der Waals surface area contributed by atoms with Crippen molar-refractivity contribution in [2.45, 2.75) is 45.6 Å². The first kappa shape index (κ1) is 17.9. The van der Waals surface area contributed by atoms with Crippen LogP contribution in [0.1, 0.15) is 30.5 Å². The first-order valence-corrected chi connectivity index (χ1v) is 8.49. The van der Waals surface area contributed by atoms with Crippen LogP contribution in [-0.2, 0) is 14.8 Å². The van der Waals surface area contributed by atoms with Gasteiger partial charge in [0, 0.05) is 25.4 Å². The summed E-state index contributed by atoms with van der Waals surface area (Å²) in [7, 11) is -2.03. The molecule has 0 spiro atoms. The normalized spacial score (nSPS) is 13.7. The van der Waals surface area contributed by atoms with Gasteiger partial charge < -0.3 is 10.5 Å². The molecule has 0 heterocycles. The number of aryl methyl sites for hydroxylation is 2. The number of likely N-dealkylation sites (N-methyl/N-ethyl adjacent to an activating group) is 1. The smallest absolute Gasteiger partial charge is 0.243 e. The van der Waals surface area contributed by atoms with Gasteiger partial charge in [-0.05, 0) is 44.4 Å². The molecule has 1 rings (SSSR count).